The van der Waals surface area contributed by atoms with E-state index in [4.69, 9.17) is 0 Å². The number of carbonyl (C=O) groups is 3. The third-order valence-corrected chi connectivity index (χ3v) is 5.11. The zero-order chi connectivity index (χ0) is 18.1. The molecule has 8 nitrogen and oxygen atoms in total. The normalized spacial score (nSPS) is 13.5. The Kier molecular flexibility index (Phi) is 4.21. The van der Waals surface area contributed by atoms with Crippen LogP contribution in [0.3, 0.4) is 0 Å². The molecular weight excluding hydrogens is 354 g/mol. The maximum absolute atomic E-state index is 12.2. The molecule has 1 aromatic carbocycles. The highest BCUT2D eigenvalue weighted by Crippen LogP contribution is 2.22. The summed E-state index contributed by atoms with van der Waals surface area (Å²) in [5.74, 6) is -0.887. The van der Waals surface area contributed by atoms with E-state index in [2.05, 4.69) is 15.4 Å². The fraction of sp³-hybridized carbons (Fsp3) is 0.235. The van der Waals surface area contributed by atoms with Crippen molar-refractivity contribution in [2.24, 2.45) is 0 Å². The average molecular weight is 369 g/mol. The van der Waals surface area contributed by atoms with Crippen molar-refractivity contribution in [2.75, 3.05) is 13.1 Å². The van der Waals surface area contributed by atoms with Gasteiger partial charge in [-0.05, 0) is 12.1 Å². The lowest BCUT2D eigenvalue weighted by Crippen LogP contribution is -2.35. The van der Waals surface area contributed by atoms with Gasteiger partial charge in [0, 0.05) is 31.3 Å². The van der Waals surface area contributed by atoms with Gasteiger partial charge in [0.2, 0.25) is 10.9 Å². The minimum atomic E-state index is -0.342. The van der Waals surface area contributed by atoms with E-state index in [9.17, 15) is 14.4 Å². The van der Waals surface area contributed by atoms with E-state index in [0.29, 0.717) is 24.1 Å². The standard InChI is InChI=1S/C17H15N5O3S/c23-14(18-7-5-11-9-26-17-19-10-20-22(11)17)6-8-21-15(24)12-3-1-2-4-13(12)16(21)25/h1-4,9-10H,5-8H2,(H,18,23). The van der Waals surface area contributed by atoms with Crippen LogP contribution in [0.1, 0.15) is 32.8 Å². The quantitative estimate of drug-likeness (QED) is 0.657. The molecule has 9 heteroatoms. The third-order valence-electron chi connectivity index (χ3n) is 4.23. The van der Waals surface area contributed by atoms with Gasteiger partial charge >= 0.3 is 0 Å². The molecular formula is C17H15N5O3S. The van der Waals surface area contributed by atoms with Crippen molar-refractivity contribution < 1.29 is 14.4 Å². The van der Waals surface area contributed by atoms with Crippen molar-refractivity contribution in [2.45, 2.75) is 12.8 Å². The number of nitrogens with zero attached hydrogens (tertiary/aromatic N) is 4. The largest absolute Gasteiger partial charge is 0.356 e. The summed E-state index contributed by atoms with van der Waals surface area (Å²) in [6, 6.07) is 6.69. The summed E-state index contributed by atoms with van der Waals surface area (Å²) in [4.78, 5) is 42.6. The molecule has 0 saturated heterocycles. The van der Waals surface area contributed by atoms with Crippen LogP contribution in [0.5, 0.6) is 0 Å². The van der Waals surface area contributed by atoms with E-state index in [-0.39, 0.29) is 30.7 Å². The Morgan fingerprint density at radius 3 is 2.62 bits per heavy atom. The van der Waals surface area contributed by atoms with E-state index in [1.54, 1.807) is 28.8 Å². The number of nitrogens with one attached hydrogen (secondary N) is 1. The SMILES string of the molecule is O=C(CCN1C(=O)c2ccccc2C1=O)NCCc1csc2ncnn12. The predicted octanol–water partition coefficient (Wildman–Crippen LogP) is 1.14. The molecule has 3 amide bonds. The lowest BCUT2D eigenvalue weighted by molar-refractivity contribution is -0.121. The van der Waals surface area contributed by atoms with Crippen LogP contribution >= 0.6 is 11.3 Å². The van der Waals surface area contributed by atoms with Gasteiger partial charge in [-0.1, -0.05) is 12.1 Å². The van der Waals surface area contributed by atoms with E-state index < -0.39 is 0 Å². The maximum Gasteiger partial charge on any atom is 0.261 e. The van der Waals surface area contributed by atoms with Crippen LogP contribution in [0.15, 0.2) is 36.0 Å². The number of hydrogen-bond acceptors (Lipinski definition) is 6. The van der Waals surface area contributed by atoms with Crippen molar-refractivity contribution in [1.82, 2.24) is 24.8 Å². The van der Waals surface area contributed by atoms with Gasteiger partial charge in [0.05, 0.1) is 16.8 Å². The summed E-state index contributed by atoms with van der Waals surface area (Å²) in [5, 5.41) is 8.89. The van der Waals surface area contributed by atoms with E-state index in [0.717, 1.165) is 15.6 Å². The molecule has 26 heavy (non-hydrogen) atoms. The van der Waals surface area contributed by atoms with Crippen LogP contribution in [0, 0.1) is 0 Å². The van der Waals surface area contributed by atoms with Gasteiger partial charge < -0.3 is 5.32 Å². The molecule has 1 N–H and O–H groups in total. The molecule has 0 bridgehead atoms. The summed E-state index contributed by atoms with van der Waals surface area (Å²) in [6.45, 7) is 0.524. The fourth-order valence-electron chi connectivity index (χ4n) is 2.92. The Morgan fingerprint density at radius 1 is 1.15 bits per heavy atom. The number of benzene rings is 1. The molecule has 1 aliphatic heterocycles. The second-order valence-electron chi connectivity index (χ2n) is 5.84. The molecule has 0 unspecified atom stereocenters. The van der Waals surface area contributed by atoms with Crippen LogP contribution in [0.4, 0.5) is 0 Å². The summed E-state index contributed by atoms with van der Waals surface area (Å²) in [7, 11) is 0. The summed E-state index contributed by atoms with van der Waals surface area (Å²) in [6.07, 6.45) is 2.20. The minimum absolute atomic E-state index is 0.0734. The Bertz CT molecular complexity index is 974. The van der Waals surface area contributed by atoms with Crippen molar-refractivity contribution in [1.29, 1.82) is 0 Å². The highest BCUT2D eigenvalue weighted by atomic mass is 32.1. The summed E-state index contributed by atoms with van der Waals surface area (Å²) >= 11 is 1.50. The first kappa shape index (κ1) is 16.4. The van der Waals surface area contributed by atoms with Crippen molar-refractivity contribution in [3.05, 3.63) is 52.8 Å². The van der Waals surface area contributed by atoms with Crippen molar-refractivity contribution >= 4 is 34.0 Å². The Hall–Kier alpha value is -3.07. The van der Waals surface area contributed by atoms with Gasteiger partial charge in [0.15, 0.2) is 0 Å². The molecule has 0 radical (unpaired) electrons. The molecule has 0 atom stereocenters. The first-order valence-electron chi connectivity index (χ1n) is 8.13. The molecule has 1 aliphatic rings. The van der Waals surface area contributed by atoms with Gasteiger partial charge in [0.1, 0.15) is 6.33 Å². The van der Waals surface area contributed by atoms with Crippen LogP contribution < -0.4 is 5.32 Å². The van der Waals surface area contributed by atoms with Gasteiger partial charge in [-0.2, -0.15) is 5.10 Å². The molecule has 3 aromatic rings. The highest BCUT2D eigenvalue weighted by Gasteiger charge is 2.34. The number of rotatable bonds is 6. The molecule has 0 spiro atoms. The number of amides is 3. The van der Waals surface area contributed by atoms with E-state index in [1.165, 1.54) is 17.7 Å². The third kappa shape index (κ3) is 2.86. The average Bonchev–Trinajstić information content (AvgIpc) is 3.31. The zero-order valence-electron chi connectivity index (χ0n) is 13.7. The number of aromatic nitrogens is 3. The van der Waals surface area contributed by atoms with Gasteiger partial charge in [0.25, 0.3) is 11.8 Å². The Labute approximate surface area is 152 Å². The highest BCUT2D eigenvalue weighted by molar-refractivity contribution is 7.15. The molecule has 0 saturated carbocycles. The molecule has 3 heterocycles. The Morgan fingerprint density at radius 2 is 1.88 bits per heavy atom. The molecule has 0 aliphatic carbocycles. The number of hydrogen-bond donors (Lipinski definition) is 1. The second-order valence-corrected chi connectivity index (χ2v) is 6.68. The van der Waals surface area contributed by atoms with Crippen molar-refractivity contribution in [3.8, 4) is 0 Å². The predicted molar refractivity (Wildman–Crippen MR) is 94.0 cm³/mol. The summed E-state index contributed by atoms with van der Waals surface area (Å²) < 4.78 is 1.75. The maximum atomic E-state index is 12.2. The number of fused-ring (bicyclic) bond motifs is 2. The lowest BCUT2D eigenvalue weighted by atomic mass is 10.1. The second kappa shape index (κ2) is 6.68. The van der Waals surface area contributed by atoms with Crippen LogP contribution in [-0.2, 0) is 11.2 Å². The van der Waals surface area contributed by atoms with Crippen molar-refractivity contribution in [3.63, 3.8) is 0 Å². The molecule has 4 rings (SSSR count). The number of carbonyl (C=O) groups excluding carboxylic acids is 3. The van der Waals surface area contributed by atoms with E-state index in [1.807, 2.05) is 5.38 Å². The number of thiazole rings is 1. The molecule has 0 fully saturated rings. The number of imide groups is 1. The molecule has 132 valence electrons. The molecule has 2 aromatic heterocycles. The van der Waals surface area contributed by atoms with Crippen LogP contribution in [0.25, 0.3) is 4.96 Å². The van der Waals surface area contributed by atoms with E-state index >= 15 is 0 Å². The van der Waals surface area contributed by atoms with Crippen LogP contribution in [-0.4, -0.2) is 50.3 Å². The Balaban J connectivity index is 1.28. The zero-order valence-corrected chi connectivity index (χ0v) is 14.5. The van der Waals surface area contributed by atoms with Gasteiger partial charge in [-0.25, -0.2) is 9.50 Å². The van der Waals surface area contributed by atoms with Gasteiger partial charge in [-0.3, -0.25) is 19.3 Å². The fourth-order valence-corrected chi connectivity index (χ4v) is 3.75. The first-order chi connectivity index (χ1) is 12.6. The monoisotopic (exact) mass is 369 g/mol. The first-order valence-corrected chi connectivity index (χ1v) is 9.01. The smallest absolute Gasteiger partial charge is 0.261 e. The van der Waals surface area contributed by atoms with Gasteiger partial charge in [-0.15, -0.1) is 11.3 Å². The lowest BCUT2D eigenvalue weighted by Gasteiger charge is -2.13. The summed E-state index contributed by atoms with van der Waals surface area (Å²) in [5.41, 5.74) is 1.77. The van der Waals surface area contributed by atoms with Crippen LogP contribution in [0.2, 0.25) is 0 Å². The minimum Gasteiger partial charge on any atom is -0.356 e. The topological polar surface area (TPSA) is 96.7 Å².